The Labute approximate surface area is 231 Å². The second-order valence-corrected chi connectivity index (χ2v) is 10.5. The second-order valence-electron chi connectivity index (χ2n) is 10.5. The van der Waals surface area contributed by atoms with Crippen molar-refractivity contribution in [3.63, 3.8) is 0 Å². The molecule has 0 aromatic heterocycles. The van der Waals surface area contributed by atoms with E-state index in [0.29, 0.717) is 32.3 Å². The summed E-state index contributed by atoms with van der Waals surface area (Å²) < 4.78 is 18.1. The van der Waals surface area contributed by atoms with E-state index in [1.165, 1.54) is 21.9 Å². The van der Waals surface area contributed by atoms with Crippen molar-refractivity contribution in [2.24, 2.45) is 0 Å². The first-order valence-corrected chi connectivity index (χ1v) is 14.2. The molecule has 0 aliphatic carbocycles. The zero-order valence-corrected chi connectivity index (χ0v) is 22.5. The largest absolute Gasteiger partial charge is 0.494 e. The minimum absolute atomic E-state index is 0.557. The molecule has 5 heteroatoms. The summed E-state index contributed by atoms with van der Waals surface area (Å²) in [6.07, 6.45) is 3.82. The molecule has 0 spiro atoms. The number of hydrogen-bond donors (Lipinski definition) is 0. The molecule has 0 saturated carbocycles. The van der Waals surface area contributed by atoms with Gasteiger partial charge in [-0.3, -0.25) is 4.84 Å². The van der Waals surface area contributed by atoms with Crippen molar-refractivity contribution in [2.75, 3.05) is 32.9 Å². The molecule has 2 fully saturated rings. The number of hydrogen-bond acceptors (Lipinski definition) is 5. The van der Waals surface area contributed by atoms with Gasteiger partial charge in [-0.05, 0) is 65.3 Å². The van der Waals surface area contributed by atoms with E-state index in [2.05, 4.69) is 83.9 Å². The summed E-state index contributed by atoms with van der Waals surface area (Å²) in [5.41, 5.74) is 3.68. The number of rotatable bonds is 10. The summed E-state index contributed by atoms with van der Waals surface area (Å²) >= 11 is 0. The van der Waals surface area contributed by atoms with Crippen LogP contribution >= 0.6 is 0 Å². The maximum atomic E-state index is 6.14. The van der Waals surface area contributed by atoms with E-state index < -0.39 is 5.79 Å². The van der Waals surface area contributed by atoms with E-state index in [4.69, 9.17) is 19.0 Å². The minimum Gasteiger partial charge on any atom is -0.494 e. The van der Waals surface area contributed by atoms with Crippen LogP contribution in [0.1, 0.15) is 48.3 Å². The molecule has 0 atom stereocenters. The van der Waals surface area contributed by atoms with Crippen LogP contribution in [-0.4, -0.2) is 38.0 Å². The van der Waals surface area contributed by atoms with Crippen LogP contribution in [0.15, 0.2) is 97.1 Å². The molecule has 0 amide bonds. The van der Waals surface area contributed by atoms with Crippen LogP contribution < -0.4 is 4.74 Å². The zero-order chi connectivity index (χ0) is 26.3. The molecule has 2 heterocycles. The molecule has 2 aliphatic heterocycles. The van der Waals surface area contributed by atoms with Crippen LogP contribution in [-0.2, 0) is 26.7 Å². The van der Waals surface area contributed by atoms with Crippen molar-refractivity contribution < 1.29 is 19.0 Å². The number of nitrogens with zero attached hydrogens (tertiary/aromatic N) is 1. The van der Waals surface area contributed by atoms with Gasteiger partial charge in [-0.15, -0.1) is 0 Å². The fraction of sp³-hybridized carbons (Fsp3) is 0.353. The van der Waals surface area contributed by atoms with E-state index in [1.807, 2.05) is 18.2 Å². The molecule has 4 aromatic rings. The standard InChI is InChI=1S/C34H37NO4/c1-2-9-32(10-3-1)34(37-23-24-38-34)19-6-22-36-33-15-13-29(14-16-33)30-17-20-35(21-18-30)39-26-27-11-12-28-7-4-5-8-31(28)25-27/h1-5,7-16,25,30H,6,17-24,26H2. The Morgan fingerprint density at radius 1 is 0.769 bits per heavy atom. The maximum Gasteiger partial charge on any atom is 0.195 e. The normalized spacial score (nSPS) is 17.9. The van der Waals surface area contributed by atoms with Crippen molar-refractivity contribution in [3.8, 4) is 5.75 Å². The van der Waals surface area contributed by atoms with Gasteiger partial charge in [-0.2, -0.15) is 5.06 Å². The molecule has 0 radical (unpaired) electrons. The number of piperidine rings is 1. The van der Waals surface area contributed by atoms with Crippen LogP contribution in [0, 0.1) is 0 Å². The molecule has 0 unspecified atom stereocenters. The fourth-order valence-corrected chi connectivity index (χ4v) is 5.75. The molecule has 5 nitrogen and oxygen atoms in total. The fourth-order valence-electron chi connectivity index (χ4n) is 5.75. The molecule has 202 valence electrons. The molecular formula is C34H37NO4. The summed E-state index contributed by atoms with van der Waals surface area (Å²) in [6.45, 7) is 4.41. The van der Waals surface area contributed by atoms with Crippen LogP contribution in [0.3, 0.4) is 0 Å². The summed E-state index contributed by atoms with van der Waals surface area (Å²) in [4.78, 5) is 6.14. The lowest BCUT2D eigenvalue weighted by Crippen LogP contribution is -2.32. The molecule has 2 aliphatic rings. The van der Waals surface area contributed by atoms with Gasteiger partial charge in [0.1, 0.15) is 5.75 Å². The smallest absolute Gasteiger partial charge is 0.195 e. The topological polar surface area (TPSA) is 40.2 Å². The van der Waals surface area contributed by atoms with Gasteiger partial charge in [-0.1, -0.05) is 78.9 Å². The van der Waals surface area contributed by atoms with Gasteiger partial charge in [0.05, 0.1) is 26.4 Å². The van der Waals surface area contributed by atoms with Gasteiger partial charge >= 0.3 is 0 Å². The quantitative estimate of drug-likeness (QED) is 0.205. The number of benzene rings is 4. The summed E-state index contributed by atoms with van der Waals surface area (Å²) in [5, 5.41) is 4.66. The highest BCUT2D eigenvalue weighted by Crippen LogP contribution is 2.36. The Morgan fingerprint density at radius 2 is 1.49 bits per heavy atom. The first kappa shape index (κ1) is 26.0. The number of fused-ring (bicyclic) bond motifs is 1. The first-order valence-electron chi connectivity index (χ1n) is 14.2. The molecule has 0 N–H and O–H groups in total. The highest BCUT2D eigenvalue weighted by molar-refractivity contribution is 5.82. The van der Waals surface area contributed by atoms with E-state index >= 15 is 0 Å². The third-order valence-corrected chi connectivity index (χ3v) is 7.92. The molecule has 2 saturated heterocycles. The summed E-state index contributed by atoms with van der Waals surface area (Å²) in [6, 6.07) is 33.9. The lowest BCUT2D eigenvalue weighted by Gasteiger charge is -2.31. The Hall–Kier alpha value is -3.22. The monoisotopic (exact) mass is 523 g/mol. The van der Waals surface area contributed by atoms with Gasteiger partial charge in [0.2, 0.25) is 0 Å². The molecule has 0 bridgehead atoms. The highest BCUT2D eigenvalue weighted by atomic mass is 16.7. The van der Waals surface area contributed by atoms with Gasteiger partial charge in [0.25, 0.3) is 0 Å². The predicted octanol–water partition coefficient (Wildman–Crippen LogP) is 7.21. The van der Waals surface area contributed by atoms with Crippen molar-refractivity contribution in [1.82, 2.24) is 5.06 Å². The van der Waals surface area contributed by atoms with Gasteiger partial charge < -0.3 is 14.2 Å². The summed E-state index contributed by atoms with van der Waals surface area (Å²) in [5.74, 6) is 0.835. The van der Waals surface area contributed by atoms with Crippen LogP contribution in [0.2, 0.25) is 0 Å². The molecule has 6 rings (SSSR count). The molecular weight excluding hydrogens is 486 g/mol. The third-order valence-electron chi connectivity index (χ3n) is 7.92. The molecule has 4 aromatic carbocycles. The van der Waals surface area contributed by atoms with E-state index in [9.17, 15) is 0 Å². The number of ether oxygens (including phenoxy) is 3. The second kappa shape index (κ2) is 12.3. The van der Waals surface area contributed by atoms with Crippen LogP contribution in [0.4, 0.5) is 0 Å². The average molecular weight is 524 g/mol. The van der Waals surface area contributed by atoms with Crippen molar-refractivity contribution in [3.05, 3.63) is 114 Å². The van der Waals surface area contributed by atoms with E-state index in [0.717, 1.165) is 50.1 Å². The predicted molar refractivity (Wildman–Crippen MR) is 153 cm³/mol. The van der Waals surface area contributed by atoms with Gasteiger partial charge in [-0.25, -0.2) is 0 Å². The van der Waals surface area contributed by atoms with Crippen molar-refractivity contribution in [1.29, 1.82) is 0 Å². The third kappa shape index (κ3) is 6.34. The zero-order valence-electron chi connectivity index (χ0n) is 22.5. The SMILES string of the molecule is c1ccc(C2(CCCOc3ccc(C4CCN(OCc5ccc6ccccc6c5)CC4)cc3)OCCO2)cc1. The Bertz CT molecular complexity index is 1330. The lowest BCUT2D eigenvalue weighted by molar-refractivity contribution is -0.180. The van der Waals surface area contributed by atoms with E-state index in [1.54, 1.807) is 0 Å². The Morgan fingerprint density at radius 3 is 2.26 bits per heavy atom. The highest BCUT2D eigenvalue weighted by Gasteiger charge is 2.37. The summed E-state index contributed by atoms with van der Waals surface area (Å²) in [7, 11) is 0. The Balaban J connectivity index is 0.935. The van der Waals surface area contributed by atoms with Gasteiger partial charge in [0.15, 0.2) is 5.79 Å². The molecule has 39 heavy (non-hydrogen) atoms. The Kier molecular flexibility index (Phi) is 8.21. The van der Waals surface area contributed by atoms with Crippen LogP contribution in [0.25, 0.3) is 10.8 Å². The first-order chi connectivity index (χ1) is 19.3. The van der Waals surface area contributed by atoms with Crippen molar-refractivity contribution >= 4 is 10.8 Å². The van der Waals surface area contributed by atoms with Crippen molar-refractivity contribution in [2.45, 2.75) is 44.0 Å². The maximum absolute atomic E-state index is 6.14. The van der Waals surface area contributed by atoms with E-state index in [-0.39, 0.29) is 0 Å². The van der Waals surface area contributed by atoms with Crippen LogP contribution in [0.5, 0.6) is 5.75 Å². The lowest BCUT2D eigenvalue weighted by atomic mass is 9.90. The van der Waals surface area contributed by atoms with Gasteiger partial charge in [0, 0.05) is 25.1 Å². The number of hydroxylamine groups is 2. The average Bonchev–Trinajstić information content (AvgIpc) is 3.49. The minimum atomic E-state index is -0.636.